The number of hydrogen-bond acceptors (Lipinski definition) is 3. The van der Waals surface area contributed by atoms with Crippen molar-refractivity contribution in [3.05, 3.63) is 28.5 Å². The van der Waals surface area contributed by atoms with Crippen molar-refractivity contribution >= 4 is 29.7 Å². The largest absolute Gasteiger partial charge is 0.444 e. The van der Waals surface area contributed by atoms with Crippen molar-refractivity contribution in [2.45, 2.75) is 26.4 Å². The number of carbonyl (C=O) groups excluding carboxylic acids is 2. The first-order chi connectivity index (χ1) is 8.24. The third kappa shape index (κ3) is 3.70. The zero-order valence-electron chi connectivity index (χ0n) is 10.2. The zero-order chi connectivity index (χ0) is 13.9. The molecule has 0 saturated carbocycles. The van der Waals surface area contributed by atoms with Crippen molar-refractivity contribution in [1.29, 1.82) is 0 Å². The molecule has 1 rings (SSSR count). The van der Waals surface area contributed by atoms with E-state index >= 15 is 0 Å². The minimum atomic E-state index is -0.868. The van der Waals surface area contributed by atoms with Crippen molar-refractivity contribution in [3.63, 3.8) is 0 Å². The van der Waals surface area contributed by atoms with Gasteiger partial charge in [-0.2, -0.15) is 0 Å². The summed E-state index contributed by atoms with van der Waals surface area (Å²) in [6, 6.07) is 2.55. The van der Waals surface area contributed by atoms with Crippen LogP contribution in [0.3, 0.4) is 0 Å². The van der Waals surface area contributed by atoms with Gasteiger partial charge in [-0.3, -0.25) is 10.1 Å². The molecule has 0 heterocycles. The summed E-state index contributed by atoms with van der Waals surface area (Å²) in [6.07, 6.45) is -0.432. The molecular formula is C12H13ClFNO3. The van der Waals surface area contributed by atoms with Crippen molar-refractivity contribution < 1.29 is 18.7 Å². The first-order valence-electron chi connectivity index (χ1n) is 5.18. The molecule has 6 heteroatoms. The monoisotopic (exact) mass is 273 g/mol. The van der Waals surface area contributed by atoms with Gasteiger partial charge in [0.05, 0.1) is 10.7 Å². The molecule has 0 fully saturated rings. The van der Waals surface area contributed by atoms with Gasteiger partial charge in [0.1, 0.15) is 5.60 Å². The van der Waals surface area contributed by atoms with E-state index in [1.807, 2.05) is 0 Å². The normalized spacial score (nSPS) is 10.9. The van der Waals surface area contributed by atoms with Gasteiger partial charge in [0, 0.05) is 5.56 Å². The Kier molecular flexibility index (Phi) is 4.29. The molecule has 0 bridgehead atoms. The van der Waals surface area contributed by atoms with Crippen LogP contribution in [0.2, 0.25) is 5.02 Å². The van der Waals surface area contributed by atoms with E-state index < -0.39 is 17.5 Å². The first-order valence-corrected chi connectivity index (χ1v) is 5.55. The molecule has 1 N–H and O–H groups in total. The summed E-state index contributed by atoms with van der Waals surface area (Å²) < 4.78 is 18.6. The van der Waals surface area contributed by atoms with Crippen LogP contribution in [0, 0.1) is 5.82 Å². The lowest BCUT2D eigenvalue weighted by Gasteiger charge is -2.20. The van der Waals surface area contributed by atoms with Crippen LogP contribution in [-0.2, 0) is 4.74 Å². The van der Waals surface area contributed by atoms with Crippen LogP contribution in [0.15, 0.2) is 12.1 Å². The van der Waals surface area contributed by atoms with E-state index in [0.717, 1.165) is 0 Å². The highest BCUT2D eigenvalue weighted by Crippen LogP contribution is 2.26. The van der Waals surface area contributed by atoms with Crippen LogP contribution in [0.5, 0.6) is 0 Å². The van der Waals surface area contributed by atoms with E-state index in [0.29, 0.717) is 6.29 Å². The second-order valence-corrected chi connectivity index (χ2v) is 4.98. The second kappa shape index (κ2) is 5.35. The number of benzene rings is 1. The van der Waals surface area contributed by atoms with Crippen molar-refractivity contribution in [1.82, 2.24) is 0 Å². The van der Waals surface area contributed by atoms with Gasteiger partial charge in [0.25, 0.3) is 0 Å². The van der Waals surface area contributed by atoms with Gasteiger partial charge < -0.3 is 4.74 Å². The smallest absolute Gasteiger partial charge is 0.412 e. The fourth-order valence-electron chi connectivity index (χ4n) is 1.20. The van der Waals surface area contributed by atoms with Gasteiger partial charge in [-0.15, -0.1) is 0 Å². The van der Waals surface area contributed by atoms with Crippen LogP contribution in [0.1, 0.15) is 31.1 Å². The van der Waals surface area contributed by atoms with Gasteiger partial charge in [-0.25, -0.2) is 9.18 Å². The first kappa shape index (κ1) is 14.4. The molecule has 0 spiro atoms. The van der Waals surface area contributed by atoms with Crippen LogP contribution in [0.25, 0.3) is 0 Å². The summed E-state index contributed by atoms with van der Waals surface area (Å²) in [5, 5.41) is 1.99. The van der Waals surface area contributed by atoms with Gasteiger partial charge in [0.15, 0.2) is 12.1 Å². The SMILES string of the molecule is CC(C)(C)OC(=O)Nc1c(C=O)ccc(Cl)c1F. The Morgan fingerprint density at radius 1 is 1.44 bits per heavy atom. The molecule has 98 valence electrons. The molecule has 4 nitrogen and oxygen atoms in total. The third-order valence-electron chi connectivity index (χ3n) is 1.88. The molecule has 0 unspecified atom stereocenters. The Labute approximate surface area is 109 Å². The Balaban J connectivity index is 3.00. The van der Waals surface area contributed by atoms with Crippen molar-refractivity contribution in [3.8, 4) is 0 Å². The van der Waals surface area contributed by atoms with Gasteiger partial charge >= 0.3 is 6.09 Å². The lowest BCUT2D eigenvalue weighted by Crippen LogP contribution is -2.27. The fraction of sp³-hybridized carbons (Fsp3) is 0.333. The Morgan fingerprint density at radius 2 is 2.06 bits per heavy atom. The Bertz CT molecular complexity index is 483. The quantitative estimate of drug-likeness (QED) is 0.837. The third-order valence-corrected chi connectivity index (χ3v) is 2.17. The van der Waals surface area contributed by atoms with E-state index in [-0.39, 0.29) is 16.3 Å². The van der Waals surface area contributed by atoms with Crippen LogP contribution < -0.4 is 5.32 Å². The predicted octanol–water partition coefficient (Wildman–Crippen LogP) is 3.64. The van der Waals surface area contributed by atoms with E-state index in [9.17, 15) is 14.0 Å². The second-order valence-electron chi connectivity index (χ2n) is 4.57. The average molecular weight is 274 g/mol. The van der Waals surface area contributed by atoms with Crippen LogP contribution in [-0.4, -0.2) is 18.0 Å². The fourth-order valence-corrected chi connectivity index (χ4v) is 1.35. The maximum Gasteiger partial charge on any atom is 0.412 e. The minimum absolute atomic E-state index is 0.0113. The molecule has 0 aromatic heterocycles. The number of amides is 1. The molecule has 0 aliphatic carbocycles. The Hall–Kier alpha value is -1.62. The highest BCUT2D eigenvalue weighted by Gasteiger charge is 2.20. The Morgan fingerprint density at radius 3 is 2.56 bits per heavy atom. The number of rotatable bonds is 2. The summed E-state index contributed by atoms with van der Waals surface area (Å²) in [7, 11) is 0. The summed E-state index contributed by atoms with van der Waals surface area (Å²) in [6.45, 7) is 5.00. The number of anilines is 1. The van der Waals surface area contributed by atoms with E-state index in [1.165, 1.54) is 12.1 Å². The van der Waals surface area contributed by atoms with E-state index in [2.05, 4.69) is 5.32 Å². The molecule has 1 aromatic carbocycles. The molecule has 1 aromatic rings. The molecule has 0 radical (unpaired) electrons. The van der Waals surface area contributed by atoms with Gasteiger partial charge in [-0.1, -0.05) is 11.6 Å². The maximum absolute atomic E-state index is 13.7. The molecular weight excluding hydrogens is 261 g/mol. The highest BCUT2D eigenvalue weighted by atomic mass is 35.5. The van der Waals surface area contributed by atoms with E-state index in [4.69, 9.17) is 16.3 Å². The lowest BCUT2D eigenvalue weighted by molar-refractivity contribution is 0.0635. The van der Waals surface area contributed by atoms with Crippen LogP contribution in [0.4, 0.5) is 14.9 Å². The van der Waals surface area contributed by atoms with Crippen LogP contribution >= 0.6 is 11.6 Å². The highest BCUT2D eigenvalue weighted by molar-refractivity contribution is 6.31. The van der Waals surface area contributed by atoms with Gasteiger partial charge in [0.2, 0.25) is 0 Å². The van der Waals surface area contributed by atoms with Gasteiger partial charge in [-0.05, 0) is 32.9 Å². The lowest BCUT2D eigenvalue weighted by atomic mass is 10.2. The number of hydrogen-bond donors (Lipinski definition) is 1. The number of aldehydes is 1. The zero-order valence-corrected chi connectivity index (χ0v) is 11.0. The van der Waals surface area contributed by atoms with Crippen molar-refractivity contribution in [2.75, 3.05) is 5.32 Å². The number of carbonyl (C=O) groups is 2. The molecule has 0 aliphatic rings. The number of ether oxygens (including phenoxy) is 1. The van der Waals surface area contributed by atoms with Crippen molar-refractivity contribution in [2.24, 2.45) is 0 Å². The number of halogens is 2. The molecule has 1 amide bonds. The van der Waals surface area contributed by atoms with E-state index in [1.54, 1.807) is 20.8 Å². The molecule has 0 atom stereocenters. The molecule has 0 aliphatic heterocycles. The summed E-state index contributed by atoms with van der Waals surface area (Å²) >= 11 is 5.58. The summed E-state index contributed by atoms with van der Waals surface area (Å²) in [5.41, 5.74) is -1.02. The predicted molar refractivity (Wildman–Crippen MR) is 66.7 cm³/mol. The average Bonchev–Trinajstić information content (AvgIpc) is 2.22. The summed E-state index contributed by atoms with van der Waals surface area (Å²) in [4.78, 5) is 22.3. The molecule has 0 saturated heterocycles. The minimum Gasteiger partial charge on any atom is -0.444 e. The standard InChI is InChI=1S/C12H13ClFNO3/c1-12(2,3)18-11(17)15-10-7(6-16)4-5-8(13)9(10)14/h4-6H,1-3H3,(H,15,17). The topological polar surface area (TPSA) is 55.4 Å². The number of nitrogens with one attached hydrogen (secondary N) is 1. The summed E-state index contributed by atoms with van der Waals surface area (Å²) in [5.74, 6) is -0.868. The maximum atomic E-state index is 13.7. The molecule has 18 heavy (non-hydrogen) atoms.